The second-order valence-electron chi connectivity index (χ2n) is 4.37. The molecule has 24 heavy (non-hydrogen) atoms. The van der Waals surface area contributed by atoms with E-state index < -0.39 is 5.95 Å². The molecular weight excluding hydrogens is 333 g/mol. The van der Waals surface area contributed by atoms with Gasteiger partial charge in [0.15, 0.2) is 11.0 Å². The van der Waals surface area contributed by atoms with Gasteiger partial charge in [0.05, 0.1) is 25.5 Å². The summed E-state index contributed by atoms with van der Waals surface area (Å²) >= 11 is 6.09. The summed E-state index contributed by atoms with van der Waals surface area (Å²) in [4.78, 5) is 16.3. The number of aromatic nitrogens is 5. The highest BCUT2D eigenvalue weighted by Gasteiger charge is 2.12. The van der Waals surface area contributed by atoms with E-state index in [0.717, 1.165) is 0 Å². The second kappa shape index (κ2) is 8.35. The molecule has 0 radical (unpaired) electrons. The minimum Gasteiger partial charge on any atom is -0.480 e. The number of hydrogen-bond acceptors (Lipinski definition) is 5. The quantitative estimate of drug-likeness (QED) is 0.673. The van der Waals surface area contributed by atoms with Crippen molar-refractivity contribution in [1.82, 2.24) is 24.5 Å². The van der Waals surface area contributed by atoms with Gasteiger partial charge in [0.25, 0.3) is 0 Å². The molecule has 8 heteroatoms. The number of imidazole rings is 1. The average Bonchev–Trinajstić information content (AvgIpc) is 3.06. The lowest BCUT2D eigenvalue weighted by Gasteiger charge is -2.08. The smallest absolute Gasteiger partial charge is 0.233 e. The topological polar surface area (TPSA) is 65.7 Å². The van der Waals surface area contributed by atoms with E-state index in [-0.39, 0.29) is 5.15 Å². The molecule has 3 aromatic rings. The van der Waals surface area contributed by atoms with Gasteiger partial charge in [0, 0.05) is 12.4 Å². The average molecular weight is 350 g/mol. The third kappa shape index (κ3) is 4.05. The van der Waals surface area contributed by atoms with E-state index in [1.165, 1.54) is 19.4 Å². The van der Waals surface area contributed by atoms with Gasteiger partial charge in [-0.1, -0.05) is 31.5 Å². The summed E-state index contributed by atoms with van der Waals surface area (Å²) in [6.45, 7) is 4.34. The van der Waals surface area contributed by atoms with Crippen LogP contribution in [0.1, 0.15) is 19.5 Å². The fourth-order valence-electron chi connectivity index (χ4n) is 1.95. The van der Waals surface area contributed by atoms with Crippen LogP contribution in [0.3, 0.4) is 0 Å². The van der Waals surface area contributed by atoms with Gasteiger partial charge in [-0.15, -0.1) is 0 Å². The van der Waals surface area contributed by atoms with E-state index in [1.54, 1.807) is 29.1 Å². The lowest BCUT2D eigenvalue weighted by atomic mass is 10.3. The maximum atomic E-state index is 13.3. The standard InChI is InChI=1S/C14H11ClFN5O.C2H6/c1-22-12-7-18-10(13(15)20-12)8-21-6-5-17-14(21)9-3-2-4-11(16)19-9;1-2/h2-7H,8H2,1H3;1-2H3. The Morgan fingerprint density at radius 1 is 1.21 bits per heavy atom. The summed E-state index contributed by atoms with van der Waals surface area (Å²) in [6.07, 6.45) is 4.83. The first-order valence-electron chi connectivity index (χ1n) is 7.37. The molecule has 0 bridgehead atoms. The number of hydrogen-bond donors (Lipinski definition) is 0. The van der Waals surface area contributed by atoms with Crippen molar-refractivity contribution in [3.8, 4) is 17.4 Å². The Hall–Kier alpha value is -2.54. The molecule has 6 nitrogen and oxygen atoms in total. The van der Waals surface area contributed by atoms with Crippen LogP contribution in [0, 0.1) is 5.95 Å². The monoisotopic (exact) mass is 349 g/mol. The molecule has 3 aromatic heterocycles. The molecule has 0 fully saturated rings. The maximum absolute atomic E-state index is 13.3. The number of ether oxygens (including phenoxy) is 1. The normalized spacial score (nSPS) is 10.0. The molecule has 0 amide bonds. The highest BCUT2D eigenvalue weighted by molar-refractivity contribution is 6.30. The molecule has 0 aliphatic rings. The molecule has 0 aliphatic heterocycles. The molecule has 0 N–H and O–H groups in total. The van der Waals surface area contributed by atoms with Crippen LogP contribution in [0.15, 0.2) is 36.8 Å². The molecule has 3 heterocycles. The summed E-state index contributed by atoms with van der Waals surface area (Å²) in [7, 11) is 1.49. The predicted octanol–water partition coefficient (Wildman–Crippen LogP) is 3.61. The predicted molar refractivity (Wildman–Crippen MR) is 89.5 cm³/mol. The number of nitrogens with zero attached hydrogens (tertiary/aromatic N) is 5. The van der Waals surface area contributed by atoms with E-state index in [2.05, 4.69) is 19.9 Å². The molecule has 0 saturated heterocycles. The van der Waals surface area contributed by atoms with E-state index in [0.29, 0.717) is 29.6 Å². The van der Waals surface area contributed by atoms with E-state index in [1.807, 2.05) is 13.8 Å². The van der Waals surface area contributed by atoms with Crippen LogP contribution >= 0.6 is 11.6 Å². The molecule has 0 spiro atoms. The third-order valence-electron chi connectivity index (χ3n) is 2.97. The Labute approximate surface area is 144 Å². The fourth-order valence-corrected chi connectivity index (χ4v) is 2.14. The minimum absolute atomic E-state index is 0.242. The van der Waals surface area contributed by atoms with Crippen LogP contribution in [-0.2, 0) is 6.54 Å². The minimum atomic E-state index is -0.561. The van der Waals surface area contributed by atoms with Crippen LogP contribution in [0.2, 0.25) is 5.15 Å². The molecule has 0 atom stereocenters. The van der Waals surface area contributed by atoms with Crippen molar-refractivity contribution in [1.29, 1.82) is 0 Å². The molecule has 0 aromatic carbocycles. The highest BCUT2D eigenvalue weighted by Crippen LogP contribution is 2.20. The molecule has 0 aliphatic carbocycles. The first-order chi connectivity index (χ1) is 11.7. The Balaban J connectivity index is 0.00000100. The van der Waals surface area contributed by atoms with Gasteiger partial charge in [0.2, 0.25) is 11.8 Å². The first-order valence-corrected chi connectivity index (χ1v) is 7.74. The van der Waals surface area contributed by atoms with Gasteiger partial charge in [-0.05, 0) is 12.1 Å². The van der Waals surface area contributed by atoms with Gasteiger partial charge >= 0.3 is 0 Å². The van der Waals surface area contributed by atoms with Gasteiger partial charge < -0.3 is 9.30 Å². The van der Waals surface area contributed by atoms with Crippen molar-refractivity contribution < 1.29 is 9.13 Å². The SMILES string of the molecule is CC.COc1cnc(Cn2ccnc2-c2cccc(F)n2)c(Cl)n1. The van der Waals surface area contributed by atoms with Gasteiger partial charge in [-0.3, -0.25) is 4.98 Å². The van der Waals surface area contributed by atoms with Crippen LogP contribution < -0.4 is 4.74 Å². The molecule has 0 unspecified atom stereocenters. The second-order valence-corrected chi connectivity index (χ2v) is 4.73. The summed E-state index contributed by atoms with van der Waals surface area (Å²) < 4.78 is 20.0. The zero-order valence-electron chi connectivity index (χ0n) is 13.6. The van der Waals surface area contributed by atoms with Gasteiger partial charge in [0.1, 0.15) is 5.69 Å². The molecule has 0 saturated carbocycles. The summed E-state index contributed by atoms with van der Waals surface area (Å²) in [5.74, 6) is 0.300. The van der Waals surface area contributed by atoms with Crippen LogP contribution in [0.5, 0.6) is 5.88 Å². The van der Waals surface area contributed by atoms with Crippen molar-refractivity contribution in [2.24, 2.45) is 0 Å². The van der Waals surface area contributed by atoms with Crippen molar-refractivity contribution in [3.63, 3.8) is 0 Å². The maximum Gasteiger partial charge on any atom is 0.233 e. The molecular formula is C16H17ClFN5O. The zero-order chi connectivity index (χ0) is 17.5. The lowest BCUT2D eigenvalue weighted by Crippen LogP contribution is -2.06. The van der Waals surface area contributed by atoms with Crippen LogP contribution in [-0.4, -0.2) is 31.6 Å². The number of pyridine rings is 1. The highest BCUT2D eigenvalue weighted by atomic mass is 35.5. The number of rotatable bonds is 4. The number of methoxy groups -OCH3 is 1. The summed E-state index contributed by atoms with van der Waals surface area (Å²) in [6, 6.07) is 4.54. The van der Waals surface area contributed by atoms with Crippen molar-refractivity contribution in [2.45, 2.75) is 20.4 Å². The largest absolute Gasteiger partial charge is 0.480 e. The van der Waals surface area contributed by atoms with Crippen LogP contribution in [0.4, 0.5) is 4.39 Å². The summed E-state index contributed by atoms with van der Waals surface area (Å²) in [5.41, 5.74) is 0.987. The fraction of sp³-hybridized carbons (Fsp3) is 0.250. The van der Waals surface area contributed by atoms with Crippen LogP contribution in [0.25, 0.3) is 11.5 Å². The van der Waals surface area contributed by atoms with Gasteiger partial charge in [-0.2, -0.15) is 9.37 Å². The summed E-state index contributed by atoms with van der Waals surface area (Å²) in [5, 5.41) is 0.242. The van der Waals surface area contributed by atoms with Crippen molar-refractivity contribution in [2.75, 3.05) is 7.11 Å². The first kappa shape index (κ1) is 17.8. The number of halogens is 2. The zero-order valence-corrected chi connectivity index (χ0v) is 14.3. The van der Waals surface area contributed by atoms with Gasteiger partial charge in [-0.25, -0.2) is 9.97 Å². The van der Waals surface area contributed by atoms with E-state index >= 15 is 0 Å². The Morgan fingerprint density at radius 2 is 2.00 bits per heavy atom. The Kier molecular flexibility index (Phi) is 6.20. The van der Waals surface area contributed by atoms with E-state index in [9.17, 15) is 4.39 Å². The Morgan fingerprint density at radius 3 is 2.67 bits per heavy atom. The third-order valence-corrected chi connectivity index (χ3v) is 3.27. The molecule has 3 rings (SSSR count). The lowest BCUT2D eigenvalue weighted by molar-refractivity contribution is 0.395. The van der Waals surface area contributed by atoms with Crippen molar-refractivity contribution in [3.05, 3.63) is 53.6 Å². The molecule has 126 valence electrons. The van der Waals surface area contributed by atoms with Crippen molar-refractivity contribution >= 4 is 11.6 Å². The Bertz CT molecular complexity index is 809. The van der Waals surface area contributed by atoms with E-state index in [4.69, 9.17) is 16.3 Å².